The first-order valence-electron chi connectivity index (χ1n) is 6.41. The van der Waals surface area contributed by atoms with Crippen molar-refractivity contribution in [1.82, 2.24) is 0 Å². The van der Waals surface area contributed by atoms with Gasteiger partial charge in [-0.2, -0.15) is 0 Å². The molecule has 0 aliphatic carbocycles. The van der Waals surface area contributed by atoms with Crippen LogP contribution in [0.4, 0.5) is 0 Å². The zero-order valence-corrected chi connectivity index (χ0v) is 13.0. The number of hydrogen-bond acceptors (Lipinski definition) is 0. The molecule has 0 aromatic carbocycles. The molecule has 0 rings (SSSR count). The van der Waals surface area contributed by atoms with Gasteiger partial charge in [0.15, 0.2) is 0 Å². The van der Waals surface area contributed by atoms with Crippen LogP contribution in [-0.4, -0.2) is 14.1 Å². The van der Waals surface area contributed by atoms with Crippen molar-refractivity contribution < 1.29 is 0 Å². The molecule has 0 aromatic heterocycles. The van der Waals surface area contributed by atoms with Crippen LogP contribution in [0.2, 0.25) is 15.8 Å². The maximum absolute atomic E-state index is 3.00. The van der Waals surface area contributed by atoms with Crippen molar-refractivity contribution in [3.63, 3.8) is 0 Å². The van der Waals surface area contributed by atoms with Gasteiger partial charge in [0, 0.05) is 0 Å². The molecule has 0 nitrogen and oxygen atoms in total. The van der Waals surface area contributed by atoms with Crippen LogP contribution in [-0.2, 0) is 0 Å². The fraction of sp³-hybridized carbons (Fsp3) is 0.857. The first-order valence-corrected chi connectivity index (χ1v) is 8.86. The molecule has 0 radical (unpaired) electrons. The van der Waals surface area contributed by atoms with Crippen molar-refractivity contribution in [2.75, 3.05) is 0 Å². The SMILES string of the molecule is C=C.CC(C)[CH2][Al]([CH2]C(C)C)[CH2]C(C)C. The van der Waals surface area contributed by atoms with Gasteiger partial charge in [-0.25, -0.2) is 0 Å². The Hall–Kier alpha value is 0.272. The molecule has 0 saturated heterocycles. The Morgan fingerprint density at radius 1 is 0.667 bits per heavy atom. The monoisotopic (exact) mass is 226 g/mol. The van der Waals surface area contributed by atoms with Crippen molar-refractivity contribution in [1.29, 1.82) is 0 Å². The summed E-state index contributed by atoms with van der Waals surface area (Å²) in [6.07, 6.45) is 0. The average molecular weight is 226 g/mol. The van der Waals surface area contributed by atoms with Crippen LogP contribution in [0.1, 0.15) is 41.5 Å². The van der Waals surface area contributed by atoms with E-state index < -0.39 is 14.1 Å². The Balaban J connectivity index is 0. The molecule has 0 bridgehead atoms. The maximum Gasteiger partial charge on any atom is 0.262 e. The first-order chi connectivity index (χ1) is 6.91. The molecule has 0 fully saturated rings. The fourth-order valence-electron chi connectivity index (χ4n) is 2.29. The summed E-state index contributed by atoms with van der Waals surface area (Å²) in [7, 11) is 0. The quantitative estimate of drug-likeness (QED) is 0.428. The summed E-state index contributed by atoms with van der Waals surface area (Å²) in [4.78, 5) is 0. The second-order valence-electron chi connectivity index (χ2n) is 5.75. The van der Waals surface area contributed by atoms with E-state index in [1.807, 2.05) is 0 Å². The molecule has 0 atom stereocenters. The fourth-order valence-corrected chi connectivity index (χ4v) is 6.87. The van der Waals surface area contributed by atoms with Crippen molar-refractivity contribution in [2.45, 2.75) is 57.4 Å². The summed E-state index contributed by atoms with van der Waals surface area (Å²) >= 11 is -0.407. The van der Waals surface area contributed by atoms with Crippen LogP contribution in [0.5, 0.6) is 0 Å². The Bertz CT molecular complexity index is 104. The van der Waals surface area contributed by atoms with Crippen LogP contribution in [0.15, 0.2) is 13.2 Å². The lowest BCUT2D eigenvalue weighted by molar-refractivity contribution is 0.659. The zero-order valence-electron chi connectivity index (χ0n) is 11.8. The third-order valence-corrected chi connectivity index (χ3v) is 7.24. The summed E-state index contributed by atoms with van der Waals surface area (Å²) in [5.74, 6) is 2.78. The largest absolute Gasteiger partial charge is 0.262 e. The topological polar surface area (TPSA) is 0 Å². The molecule has 0 aliphatic rings. The Morgan fingerprint density at radius 3 is 1.00 bits per heavy atom. The highest BCUT2D eigenvalue weighted by Crippen LogP contribution is 2.20. The van der Waals surface area contributed by atoms with E-state index in [0.717, 1.165) is 17.8 Å². The summed E-state index contributed by atoms with van der Waals surface area (Å²) < 4.78 is 0. The molecule has 0 saturated carbocycles. The van der Waals surface area contributed by atoms with Gasteiger partial charge in [-0.1, -0.05) is 75.1 Å². The molecule has 0 aliphatic heterocycles. The molecule has 0 amide bonds. The van der Waals surface area contributed by atoms with E-state index in [1.54, 1.807) is 15.8 Å². The standard InChI is InChI=1S/3C4H9.C2H4.Al/c3*1-4(2)3;1-2;/h3*4H,1H2,2-3H3;1-2H2;. The van der Waals surface area contributed by atoms with Crippen molar-refractivity contribution in [3.8, 4) is 0 Å². The normalized spacial score (nSPS) is 10.5. The minimum absolute atomic E-state index is 0.407. The smallest absolute Gasteiger partial charge is 0.106 e. The molecule has 0 N–H and O–H groups in total. The first kappa shape index (κ1) is 17.7. The summed E-state index contributed by atoms with van der Waals surface area (Å²) in [5.41, 5.74) is 0. The molecule has 0 aromatic rings. The van der Waals surface area contributed by atoms with Gasteiger partial charge in [0.2, 0.25) is 0 Å². The van der Waals surface area contributed by atoms with Crippen molar-refractivity contribution >= 4 is 14.1 Å². The van der Waals surface area contributed by atoms with E-state index in [1.165, 1.54) is 0 Å². The molecule has 0 spiro atoms. The second kappa shape index (κ2) is 10.8. The molecular weight excluding hydrogens is 195 g/mol. The molecular formula is C14H31Al. The van der Waals surface area contributed by atoms with Gasteiger partial charge >= 0.3 is 0 Å². The van der Waals surface area contributed by atoms with Gasteiger partial charge in [-0.05, 0) is 0 Å². The van der Waals surface area contributed by atoms with E-state index >= 15 is 0 Å². The van der Waals surface area contributed by atoms with E-state index in [9.17, 15) is 0 Å². The van der Waals surface area contributed by atoms with Crippen molar-refractivity contribution in [2.24, 2.45) is 17.8 Å². The summed E-state index contributed by atoms with van der Waals surface area (Å²) in [6, 6.07) is 0. The molecule has 15 heavy (non-hydrogen) atoms. The highest BCUT2D eigenvalue weighted by molar-refractivity contribution is 6.58. The zero-order chi connectivity index (χ0) is 12.4. The summed E-state index contributed by atoms with van der Waals surface area (Å²) in [6.45, 7) is 20.3. The van der Waals surface area contributed by atoms with Crippen LogP contribution in [0.25, 0.3) is 0 Å². The lowest BCUT2D eigenvalue weighted by Gasteiger charge is -2.17. The Kier molecular flexibility index (Phi) is 12.7. The highest BCUT2D eigenvalue weighted by Gasteiger charge is 2.20. The van der Waals surface area contributed by atoms with Gasteiger partial charge in [0.25, 0.3) is 14.1 Å². The van der Waals surface area contributed by atoms with E-state index in [4.69, 9.17) is 0 Å². The van der Waals surface area contributed by atoms with Gasteiger partial charge in [-0.3, -0.25) is 0 Å². The minimum Gasteiger partial charge on any atom is -0.106 e. The second-order valence-corrected chi connectivity index (χ2v) is 8.90. The Labute approximate surface area is 103 Å². The van der Waals surface area contributed by atoms with Gasteiger partial charge in [0.1, 0.15) is 0 Å². The number of rotatable bonds is 6. The Morgan fingerprint density at radius 2 is 0.867 bits per heavy atom. The van der Waals surface area contributed by atoms with Crippen LogP contribution >= 0.6 is 0 Å². The summed E-state index contributed by atoms with van der Waals surface area (Å²) in [5, 5.41) is 4.66. The van der Waals surface area contributed by atoms with E-state index in [0.29, 0.717) is 0 Å². The van der Waals surface area contributed by atoms with Crippen LogP contribution < -0.4 is 0 Å². The molecule has 0 unspecified atom stereocenters. The third-order valence-electron chi connectivity index (χ3n) is 2.41. The van der Waals surface area contributed by atoms with E-state index in [-0.39, 0.29) is 0 Å². The van der Waals surface area contributed by atoms with Gasteiger partial charge in [0.05, 0.1) is 0 Å². The van der Waals surface area contributed by atoms with Crippen LogP contribution in [0, 0.1) is 17.8 Å². The van der Waals surface area contributed by atoms with Gasteiger partial charge in [-0.15, -0.1) is 13.2 Å². The molecule has 90 valence electrons. The molecule has 1 heteroatoms. The predicted octanol–water partition coefficient (Wildman–Crippen LogP) is 5.25. The van der Waals surface area contributed by atoms with E-state index in [2.05, 4.69) is 54.7 Å². The predicted molar refractivity (Wildman–Crippen MR) is 75.9 cm³/mol. The lowest BCUT2D eigenvalue weighted by atomic mass is 10.2. The van der Waals surface area contributed by atoms with Crippen molar-refractivity contribution in [3.05, 3.63) is 13.2 Å². The average Bonchev–Trinajstić information content (AvgIpc) is 2.03. The minimum atomic E-state index is -0.407. The maximum atomic E-state index is 3.00. The third kappa shape index (κ3) is 14.3. The van der Waals surface area contributed by atoms with Crippen LogP contribution in [0.3, 0.4) is 0 Å². The van der Waals surface area contributed by atoms with Gasteiger partial charge < -0.3 is 0 Å². The highest BCUT2D eigenvalue weighted by atomic mass is 27.2. The molecule has 0 heterocycles. The lowest BCUT2D eigenvalue weighted by Crippen LogP contribution is -2.19. The number of hydrogen-bond donors (Lipinski definition) is 0.